The van der Waals surface area contributed by atoms with E-state index in [1.807, 2.05) is 41.3 Å². The van der Waals surface area contributed by atoms with Gasteiger partial charge in [0.05, 0.1) is 13.2 Å². The Kier molecular flexibility index (Phi) is 8.84. The Bertz CT molecular complexity index is 940. The van der Waals surface area contributed by atoms with Crippen molar-refractivity contribution >= 4 is 17.5 Å². The first-order valence-electron chi connectivity index (χ1n) is 12.4. The molecule has 2 aliphatic heterocycles. The number of ether oxygens (including phenoxy) is 1. The van der Waals surface area contributed by atoms with Crippen molar-refractivity contribution in [2.45, 2.75) is 31.8 Å². The fourth-order valence-corrected chi connectivity index (χ4v) is 5.34. The summed E-state index contributed by atoms with van der Waals surface area (Å²) in [5.41, 5.74) is 8.95. The quantitative estimate of drug-likeness (QED) is 0.623. The third kappa shape index (κ3) is 6.51. The van der Waals surface area contributed by atoms with Gasteiger partial charge in [0.1, 0.15) is 5.75 Å². The van der Waals surface area contributed by atoms with E-state index in [0.29, 0.717) is 0 Å². The van der Waals surface area contributed by atoms with Crippen LogP contribution in [-0.2, 0) is 17.8 Å². The van der Waals surface area contributed by atoms with Gasteiger partial charge in [0.25, 0.3) is 0 Å². The molecule has 1 amide bonds. The maximum Gasteiger partial charge on any atom is 0.239 e. The molecule has 4 rings (SSSR count). The lowest BCUT2D eigenvalue weighted by Gasteiger charge is -2.39. The lowest BCUT2D eigenvalue weighted by atomic mass is 9.88. The minimum atomic E-state index is -0.393. The molecule has 0 unspecified atom stereocenters. The molecule has 2 aromatic rings. The number of carbonyl (C=O) groups excluding carboxylic acids is 1. The molecule has 6 nitrogen and oxygen atoms in total. The second kappa shape index (κ2) is 12.0. The lowest BCUT2D eigenvalue weighted by Crippen LogP contribution is -2.55. The first kappa shape index (κ1) is 25.0. The molecule has 34 heavy (non-hydrogen) atoms. The number of para-hydroxylation sites is 1. The molecule has 0 bridgehead atoms. The highest BCUT2D eigenvalue weighted by molar-refractivity contribution is 6.30. The number of methoxy groups -OCH3 is 1. The van der Waals surface area contributed by atoms with Gasteiger partial charge in [-0.05, 0) is 62.0 Å². The van der Waals surface area contributed by atoms with E-state index in [1.165, 1.54) is 11.1 Å². The predicted octanol–water partition coefficient (Wildman–Crippen LogP) is 3.27. The van der Waals surface area contributed by atoms with Crippen molar-refractivity contribution in [2.24, 2.45) is 11.7 Å². The van der Waals surface area contributed by atoms with E-state index in [0.717, 1.165) is 82.4 Å². The number of nitrogens with two attached hydrogens (primary N) is 1. The van der Waals surface area contributed by atoms with Crippen molar-refractivity contribution in [3.8, 4) is 5.75 Å². The van der Waals surface area contributed by atoms with Gasteiger partial charge in [0.2, 0.25) is 5.91 Å². The number of benzene rings is 2. The predicted molar refractivity (Wildman–Crippen MR) is 137 cm³/mol. The first-order chi connectivity index (χ1) is 16.5. The summed E-state index contributed by atoms with van der Waals surface area (Å²) in [6, 6.07) is 15.8. The topological polar surface area (TPSA) is 62.0 Å². The van der Waals surface area contributed by atoms with Crippen LogP contribution < -0.4 is 10.5 Å². The molecule has 7 heteroatoms. The van der Waals surface area contributed by atoms with Crippen LogP contribution in [0, 0.1) is 5.92 Å². The largest absolute Gasteiger partial charge is 0.496 e. The standard InChI is InChI=1S/C27H37ClN4O2/c1-34-25-8-3-2-6-23(25)20-31-15-17-32(18-16-31)27(33)26(29)22-10-13-30(14-11-22)12-9-21-5-4-7-24(28)19-21/h2-8,19,22,26H,9-18,20,29H2,1H3/t26-/m1/s1. The number of piperidine rings is 1. The molecule has 2 fully saturated rings. The van der Waals surface area contributed by atoms with E-state index in [9.17, 15) is 4.79 Å². The fraction of sp³-hybridized carbons (Fsp3) is 0.519. The summed E-state index contributed by atoms with van der Waals surface area (Å²) in [5, 5.41) is 0.793. The first-order valence-corrected chi connectivity index (χ1v) is 12.8. The summed E-state index contributed by atoms with van der Waals surface area (Å²) in [5.74, 6) is 1.30. The Morgan fingerprint density at radius 2 is 1.76 bits per heavy atom. The van der Waals surface area contributed by atoms with Crippen molar-refractivity contribution in [3.63, 3.8) is 0 Å². The molecule has 2 aromatic carbocycles. The molecular formula is C27H37ClN4O2. The Balaban J connectivity index is 1.19. The molecule has 1 atom stereocenters. The van der Waals surface area contributed by atoms with Crippen LogP contribution in [0.4, 0.5) is 0 Å². The van der Waals surface area contributed by atoms with Gasteiger partial charge in [-0.3, -0.25) is 9.69 Å². The van der Waals surface area contributed by atoms with Crippen LogP contribution in [0.25, 0.3) is 0 Å². The number of carbonyl (C=O) groups is 1. The van der Waals surface area contributed by atoms with E-state index >= 15 is 0 Å². The van der Waals surface area contributed by atoms with Crippen molar-refractivity contribution in [1.29, 1.82) is 0 Å². The normalized spacial score (nSPS) is 19.2. The zero-order valence-electron chi connectivity index (χ0n) is 20.2. The van der Waals surface area contributed by atoms with Crippen LogP contribution in [-0.4, -0.2) is 79.6 Å². The molecular weight excluding hydrogens is 448 g/mol. The van der Waals surface area contributed by atoms with Crippen LogP contribution >= 0.6 is 11.6 Å². The number of halogens is 1. The van der Waals surface area contributed by atoms with Gasteiger partial charge in [-0.15, -0.1) is 0 Å². The number of hydrogen-bond acceptors (Lipinski definition) is 5. The zero-order chi connectivity index (χ0) is 23.9. The number of amides is 1. The second-order valence-corrected chi connectivity index (χ2v) is 9.93. The molecule has 2 saturated heterocycles. The van der Waals surface area contributed by atoms with E-state index in [1.54, 1.807) is 7.11 Å². The third-order valence-electron chi connectivity index (χ3n) is 7.30. The number of likely N-dealkylation sites (tertiary alicyclic amines) is 1. The van der Waals surface area contributed by atoms with Crippen LogP contribution in [0.15, 0.2) is 48.5 Å². The van der Waals surface area contributed by atoms with Crippen molar-refractivity contribution in [1.82, 2.24) is 14.7 Å². The Labute approximate surface area is 208 Å². The molecule has 2 aliphatic rings. The van der Waals surface area contributed by atoms with Gasteiger partial charge in [-0.25, -0.2) is 0 Å². The van der Waals surface area contributed by atoms with Crippen molar-refractivity contribution in [3.05, 3.63) is 64.7 Å². The summed E-state index contributed by atoms with van der Waals surface area (Å²) in [6.45, 7) is 7.05. The molecule has 0 aliphatic carbocycles. The highest BCUT2D eigenvalue weighted by Crippen LogP contribution is 2.23. The molecule has 0 spiro atoms. The molecule has 2 heterocycles. The SMILES string of the molecule is COc1ccccc1CN1CCN(C(=O)[C@H](N)C2CCN(CCc3cccc(Cl)c3)CC2)CC1. The molecule has 0 saturated carbocycles. The van der Waals surface area contributed by atoms with Crippen molar-refractivity contribution in [2.75, 3.05) is 52.9 Å². The number of hydrogen-bond donors (Lipinski definition) is 1. The Morgan fingerprint density at radius 1 is 1.03 bits per heavy atom. The van der Waals surface area contributed by atoms with Crippen LogP contribution in [0.5, 0.6) is 5.75 Å². The van der Waals surface area contributed by atoms with Gasteiger partial charge in [0.15, 0.2) is 0 Å². The van der Waals surface area contributed by atoms with E-state index < -0.39 is 6.04 Å². The molecule has 0 radical (unpaired) electrons. The second-order valence-electron chi connectivity index (χ2n) is 9.50. The highest BCUT2D eigenvalue weighted by Gasteiger charge is 2.32. The molecule has 2 N–H and O–H groups in total. The monoisotopic (exact) mass is 484 g/mol. The van der Waals surface area contributed by atoms with Crippen LogP contribution in [0.1, 0.15) is 24.0 Å². The van der Waals surface area contributed by atoms with Gasteiger partial charge in [-0.2, -0.15) is 0 Å². The zero-order valence-corrected chi connectivity index (χ0v) is 20.9. The Hall–Kier alpha value is -2.12. The summed E-state index contributed by atoms with van der Waals surface area (Å²) in [7, 11) is 1.71. The molecule has 184 valence electrons. The summed E-state index contributed by atoms with van der Waals surface area (Å²) in [6.07, 6.45) is 2.96. The van der Waals surface area contributed by atoms with Crippen LogP contribution in [0.3, 0.4) is 0 Å². The van der Waals surface area contributed by atoms with Crippen molar-refractivity contribution < 1.29 is 9.53 Å². The lowest BCUT2D eigenvalue weighted by molar-refractivity contribution is -0.136. The summed E-state index contributed by atoms with van der Waals surface area (Å²) in [4.78, 5) is 19.9. The number of piperazine rings is 1. The summed E-state index contributed by atoms with van der Waals surface area (Å²) >= 11 is 6.10. The van der Waals surface area contributed by atoms with Gasteiger partial charge >= 0.3 is 0 Å². The maximum atomic E-state index is 13.1. The number of nitrogens with zero attached hydrogens (tertiary/aromatic N) is 3. The highest BCUT2D eigenvalue weighted by atomic mass is 35.5. The van der Waals surface area contributed by atoms with E-state index in [-0.39, 0.29) is 11.8 Å². The minimum Gasteiger partial charge on any atom is -0.496 e. The van der Waals surface area contributed by atoms with Crippen LogP contribution in [0.2, 0.25) is 5.02 Å². The van der Waals surface area contributed by atoms with Gasteiger partial charge in [-0.1, -0.05) is 41.9 Å². The van der Waals surface area contributed by atoms with E-state index in [4.69, 9.17) is 22.1 Å². The fourth-order valence-electron chi connectivity index (χ4n) is 5.13. The smallest absolute Gasteiger partial charge is 0.239 e. The van der Waals surface area contributed by atoms with Gasteiger partial charge in [0, 0.05) is 49.9 Å². The average molecular weight is 485 g/mol. The maximum absolute atomic E-state index is 13.1. The average Bonchev–Trinajstić information content (AvgIpc) is 2.88. The summed E-state index contributed by atoms with van der Waals surface area (Å²) < 4.78 is 5.48. The minimum absolute atomic E-state index is 0.120. The molecule has 0 aromatic heterocycles. The Morgan fingerprint density at radius 3 is 2.47 bits per heavy atom. The number of rotatable bonds is 8. The van der Waals surface area contributed by atoms with E-state index in [2.05, 4.69) is 21.9 Å². The van der Waals surface area contributed by atoms with Gasteiger partial charge < -0.3 is 20.3 Å². The third-order valence-corrected chi connectivity index (χ3v) is 7.54.